The molecule has 0 unspecified atom stereocenters. The molecule has 1 N–H and O–H groups in total. The summed E-state index contributed by atoms with van der Waals surface area (Å²) >= 11 is 0. The fourth-order valence-corrected chi connectivity index (χ4v) is 3.13. The molecular formula is C20H17FN2O4. The van der Waals surface area contributed by atoms with Gasteiger partial charge in [0.15, 0.2) is 11.5 Å². The molecule has 0 spiro atoms. The van der Waals surface area contributed by atoms with Crippen LogP contribution in [-0.2, 0) is 4.79 Å². The number of fused-ring (bicyclic) bond motifs is 2. The number of nitrogens with zero attached hydrogens (tertiary/aromatic N) is 1. The molecule has 2 heterocycles. The van der Waals surface area contributed by atoms with Crippen LogP contribution in [0.4, 0.5) is 10.1 Å². The number of rotatable bonds is 3. The van der Waals surface area contributed by atoms with E-state index in [0.717, 1.165) is 11.1 Å². The topological polar surface area (TPSA) is 69.7 Å². The van der Waals surface area contributed by atoms with Crippen molar-refractivity contribution >= 4 is 22.5 Å². The van der Waals surface area contributed by atoms with Crippen LogP contribution in [0.2, 0.25) is 0 Å². The van der Waals surface area contributed by atoms with Crippen LogP contribution in [0.5, 0.6) is 17.2 Å². The van der Waals surface area contributed by atoms with Crippen molar-refractivity contribution in [2.24, 2.45) is 0 Å². The summed E-state index contributed by atoms with van der Waals surface area (Å²) in [7, 11) is 1.56. The number of aromatic nitrogens is 1. The smallest absolute Gasteiger partial charge is 0.231 e. The molecule has 1 aromatic heterocycles. The van der Waals surface area contributed by atoms with Gasteiger partial charge < -0.3 is 19.5 Å². The number of pyridine rings is 1. The number of aryl methyl sites for hydroxylation is 1. The van der Waals surface area contributed by atoms with Gasteiger partial charge >= 0.3 is 0 Å². The lowest BCUT2D eigenvalue weighted by atomic mass is 10.0. The third-order valence-corrected chi connectivity index (χ3v) is 4.37. The van der Waals surface area contributed by atoms with E-state index in [4.69, 9.17) is 14.2 Å². The molecule has 1 amide bonds. The van der Waals surface area contributed by atoms with E-state index in [1.54, 1.807) is 7.11 Å². The van der Waals surface area contributed by atoms with Gasteiger partial charge in [0.2, 0.25) is 18.4 Å². The summed E-state index contributed by atoms with van der Waals surface area (Å²) in [5, 5.41) is 3.16. The predicted molar refractivity (Wildman–Crippen MR) is 98.9 cm³/mol. The van der Waals surface area contributed by atoms with Gasteiger partial charge in [0.05, 0.1) is 24.0 Å². The molecule has 0 saturated carbocycles. The van der Waals surface area contributed by atoms with Crippen LogP contribution in [0.1, 0.15) is 12.5 Å². The van der Waals surface area contributed by atoms with Crippen LogP contribution in [0.25, 0.3) is 22.2 Å². The zero-order valence-electron chi connectivity index (χ0n) is 15.1. The number of nitrogens with one attached hydrogen (secondary N) is 1. The first-order chi connectivity index (χ1) is 13.0. The van der Waals surface area contributed by atoms with E-state index in [-0.39, 0.29) is 18.4 Å². The monoisotopic (exact) mass is 368 g/mol. The van der Waals surface area contributed by atoms with Gasteiger partial charge in [-0.05, 0) is 42.8 Å². The highest BCUT2D eigenvalue weighted by Gasteiger charge is 2.21. The summed E-state index contributed by atoms with van der Waals surface area (Å²) < 4.78 is 30.5. The zero-order chi connectivity index (χ0) is 19.1. The molecule has 0 radical (unpaired) electrons. The van der Waals surface area contributed by atoms with E-state index in [1.165, 1.54) is 19.1 Å². The minimum Gasteiger partial charge on any atom is -0.493 e. The number of carbonyl (C=O) groups is 1. The van der Waals surface area contributed by atoms with Crippen molar-refractivity contribution in [2.45, 2.75) is 13.8 Å². The van der Waals surface area contributed by atoms with E-state index in [2.05, 4.69) is 10.3 Å². The highest BCUT2D eigenvalue weighted by molar-refractivity contribution is 5.94. The minimum absolute atomic E-state index is 0.0994. The molecule has 138 valence electrons. The quantitative estimate of drug-likeness (QED) is 0.755. The molecule has 6 nitrogen and oxygen atoms in total. The summed E-state index contributed by atoms with van der Waals surface area (Å²) in [6, 6.07) is 8.44. The van der Waals surface area contributed by atoms with Gasteiger partial charge in [0, 0.05) is 17.9 Å². The fourth-order valence-electron chi connectivity index (χ4n) is 3.13. The Morgan fingerprint density at radius 3 is 2.78 bits per heavy atom. The standard InChI is InChI=1S/C20H17FN2O4/c1-10-4-15(12-5-18(25-3)20-19(6-12)26-9-27-20)23-16-8-17(22-11(2)24)14(21)7-13(10)16/h4-8H,9H2,1-3H3,(H,22,24). The predicted octanol–water partition coefficient (Wildman–Crippen LogP) is 4.05. The maximum atomic E-state index is 14.2. The lowest BCUT2D eigenvalue weighted by Crippen LogP contribution is -2.07. The Morgan fingerprint density at radius 1 is 1.22 bits per heavy atom. The fraction of sp³-hybridized carbons (Fsp3) is 0.200. The summed E-state index contributed by atoms with van der Waals surface area (Å²) in [5.41, 5.74) is 3.00. The maximum absolute atomic E-state index is 14.2. The maximum Gasteiger partial charge on any atom is 0.231 e. The van der Waals surface area contributed by atoms with Crippen molar-refractivity contribution in [1.82, 2.24) is 4.98 Å². The molecule has 0 atom stereocenters. The molecular weight excluding hydrogens is 351 g/mol. The molecule has 3 aromatic rings. The first-order valence-corrected chi connectivity index (χ1v) is 8.33. The van der Waals surface area contributed by atoms with Crippen LogP contribution in [-0.4, -0.2) is 24.8 Å². The SMILES string of the molecule is COc1cc(-c2cc(C)c3cc(F)c(NC(C)=O)cc3n2)cc2c1OCO2. The number of hydrogen-bond donors (Lipinski definition) is 1. The molecule has 1 aliphatic heterocycles. The first kappa shape index (κ1) is 17.1. The van der Waals surface area contributed by atoms with Crippen LogP contribution in [0.15, 0.2) is 30.3 Å². The number of amides is 1. The van der Waals surface area contributed by atoms with Gasteiger partial charge in [-0.25, -0.2) is 9.37 Å². The second-order valence-electron chi connectivity index (χ2n) is 6.27. The highest BCUT2D eigenvalue weighted by Crippen LogP contribution is 2.44. The number of halogens is 1. The van der Waals surface area contributed by atoms with Crippen molar-refractivity contribution in [3.05, 3.63) is 41.7 Å². The van der Waals surface area contributed by atoms with Crippen LogP contribution in [0.3, 0.4) is 0 Å². The largest absolute Gasteiger partial charge is 0.493 e. The number of hydrogen-bond acceptors (Lipinski definition) is 5. The Kier molecular flexibility index (Phi) is 4.07. The van der Waals surface area contributed by atoms with Crippen LogP contribution >= 0.6 is 0 Å². The Balaban J connectivity index is 1.88. The molecule has 1 aliphatic rings. The third kappa shape index (κ3) is 3.01. The lowest BCUT2D eigenvalue weighted by Gasteiger charge is -2.12. The average Bonchev–Trinajstić information content (AvgIpc) is 3.10. The van der Waals surface area contributed by atoms with Gasteiger partial charge in [0.1, 0.15) is 5.82 Å². The van der Waals surface area contributed by atoms with Crippen LogP contribution < -0.4 is 19.5 Å². The number of anilines is 1. The van der Waals surface area contributed by atoms with Crippen molar-refractivity contribution < 1.29 is 23.4 Å². The van der Waals surface area contributed by atoms with Crippen molar-refractivity contribution in [3.8, 4) is 28.5 Å². The van der Waals surface area contributed by atoms with E-state index < -0.39 is 5.82 Å². The van der Waals surface area contributed by atoms with E-state index in [9.17, 15) is 9.18 Å². The lowest BCUT2D eigenvalue weighted by molar-refractivity contribution is -0.114. The van der Waals surface area contributed by atoms with Crippen molar-refractivity contribution in [1.29, 1.82) is 0 Å². The second kappa shape index (κ2) is 6.42. The number of ether oxygens (including phenoxy) is 3. The average molecular weight is 368 g/mol. The summed E-state index contributed by atoms with van der Waals surface area (Å²) in [4.78, 5) is 15.9. The third-order valence-electron chi connectivity index (χ3n) is 4.37. The molecule has 0 bridgehead atoms. The molecule has 27 heavy (non-hydrogen) atoms. The molecule has 4 rings (SSSR count). The van der Waals surface area contributed by atoms with Gasteiger partial charge in [-0.1, -0.05) is 0 Å². The van der Waals surface area contributed by atoms with Gasteiger partial charge in [-0.2, -0.15) is 0 Å². The van der Waals surface area contributed by atoms with Gasteiger partial charge in [0.25, 0.3) is 0 Å². The normalized spacial score (nSPS) is 12.3. The van der Waals surface area contributed by atoms with Gasteiger partial charge in [-0.15, -0.1) is 0 Å². The molecule has 0 aliphatic carbocycles. The molecule has 0 fully saturated rings. The summed E-state index contributed by atoms with van der Waals surface area (Å²) in [6.07, 6.45) is 0. The Labute approximate surface area is 154 Å². The Bertz CT molecular complexity index is 1080. The first-order valence-electron chi connectivity index (χ1n) is 8.33. The van der Waals surface area contributed by atoms with Crippen molar-refractivity contribution in [3.63, 3.8) is 0 Å². The number of benzene rings is 2. The number of methoxy groups -OCH3 is 1. The van der Waals surface area contributed by atoms with Crippen molar-refractivity contribution in [2.75, 3.05) is 19.2 Å². The van der Waals surface area contributed by atoms with E-state index in [1.807, 2.05) is 25.1 Å². The summed E-state index contributed by atoms with van der Waals surface area (Å²) in [5.74, 6) is 0.857. The highest BCUT2D eigenvalue weighted by atomic mass is 19.1. The van der Waals surface area contributed by atoms with Gasteiger partial charge in [-0.3, -0.25) is 4.79 Å². The Hall–Kier alpha value is -3.35. The number of carbonyl (C=O) groups excluding carboxylic acids is 1. The zero-order valence-corrected chi connectivity index (χ0v) is 15.1. The molecule has 2 aromatic carbocycles. The second-order valence-corrected chi connectivity index (χ2v) is 6.27. The Morgan fingerprint density at radius 2 is 2.04 bits per heavy atom. The summed E-state index contributed by atoms with van der Waals surface area (Å²) in [6.45, 7) is 3.35. The molecule has 0 saturated heterocycles. The minimum atomic E-state index is -0.500. The van der Waals surface area contributed by atoms with Crippen LogP contribution in [0, 0.1) is 12.7 Å². The van der Waals surface area contributed by atoms with E-state index in [0.29, 0.717) is 33.8 Å². The van der Waals surface area contributed by atoms with E-state index >= 15 is 0 Å². The molecule has 7 heteroatoms.